The maximum absolute atomic E-state index is 9.48. The fraction of sp³-hybridized carbons (Fsp3) is 0.222. The van der Waals surface area contributed by atoms with Crippen LogP contribution in [-0.2, 0) is 0 Å². The molecule has 0 heterocycles. The molecule has 1 atom stereocenters. The predicted molar refractivity (Wildman–Crippen MR) is 49.7 cm³/mol. The molecular formula is C9H11N3O. The number of para-hydroxylation sites is 1. The molecule has 5 N–H and O–H groups in total. The second-order valence-corrected chi connectivity index (χ2v) is 2.75. The third kappa shape index (κ3) is 1.89. The Morgan fingerprint density at radius 3 is 2.85 bits per heavy atom. The van der Waals surface area contributed by atoms with Crippen LogP contribution >= 0.6 is 0 Å². The highest BCUT2D eigenvalue weighted by Gasteiger charge is 2.11. The monoisotopic (exact) mass is 177 g/mol. The average Bonchev–Trinajstić information content (AvgIpc) is 2.10. The molecule has 1 aromatic rings. The van der Waals surface area contributed by atoms with Gasteiger partial charge in [0.05, 0.1) is 18.2 Å². The first-order valence-electron chi connectivity index (χ1n) is 3.86. The molecule has 1 rings (SSSR count). The number of aromatic hydroxyl groups is 1. The van der Waals surface area contributed by atoms with Crippen molar-refractivity contribution >= 4 is 5.69 Å². The van der Waals surface area contributed by atoms with Gasteiger partial charge in [-0.2, -0.15) is 5.26 Å². The number of nitrogens with two attached hydrogens (primary N) is 2. The van der Waals surface area contributed by atoms with Crippen molar-refractivity contribution in [2.45, 2.75) is 12.5 Å². The van der Waals surface area contributed by atoms with Crippen LogP contribution in [-0.4, -0.2) is 5.11 Å². The minimum Gasteiger partial charge on any atom is -0.505 e. The summed E-state index contributed by atoms with van der Waals surface area (Å²) in [6, 6.07) is 6.40. The van der Waals surface area contributed by atoms with Gasteiger partial charge in [-0.05, 0) is 6.07 Å². The van der Waals surface area contributed by atoms with Crippen LogP contribution in [0.4, 0.5) is 5.69 Å². The zero-order valence-electron chi connectivity index (χ0n) is 7.07. The number of nitrogens with zero attached hydrogens (tertiary/aromatic N) is 1. The Morgan fingerprint density at radius 2 is 2.23 bits per heavy atom. The molecule has 0 aliphatic heterocycles. The van der Waals surface area contributed by atoms with Crippen LogP contribution in [0.1, 0.15) is 18.0 Å². The van der Waals surface area contributed by atoms with E-state index in [2.05, 4.69) is 0 Å². The number of phenols is 1. The van der Waals surface area contributed by atoms with Crippen LogP contribution in [0.2, 0.25) is 0 Å². The summed E-state index contributed by atoms with van der Waals surface area (Å²) in [5.41, 5.74) is 11.9. The molecule has 4 heteroatoms. The molecule has 0 bridgehead atoms. The van der Waals surface area contributed by atoms with E-state index in [9.17, 15) is 5.11 Å². The Labute approximate surface area is 76.4 Å². The Hall–Kier alpha value is -1.73. The van der Waals surface area contributed by atoms with Gasteiger partial charge < -0.3 is 16.6 Å². The molecule has 0 saturated carbocycles. The Morgan fingerprint density at radius 1 is 1.54 bits per heavy atom. The summed E-state index contributed by atoms with van der Waals surface area (Å²) in [5.74, 6) is -0.0229. The zero-order valence-corrected chi connectivity index (χ0v) is 7.07. The molecule has 0 fully saturated rings. The number of hydrogen-bond acceptors (Lipinski definition) is 4. The van der Waals surface area contributed by atoms with Gasteiger partial charge in [0.1, 0.15) is 5.75 Å². The van der Waals surface area contributed by atoms with E-state index in [-0.39, 0.29) is 17.9 Å². The van der Waals surface area contributed by atoms with Crippen LogP contribution in [0.25, 0.3) is 0 Å². The minimum absolute atomic E-state index is 0.0229. The molecule has 0 amide bonds. The van der Waals surface area contributed by atoms with Gasteiger partial charge in [0, 0.05) is 11.6 Å². The summed E-state index contributed by atoms with van der Waals surface area (Å²) in [6.07, 6.45) is 0.164. The molecule has 0 radical (unpaired) electrons. The van der Waals surface area contributed by atoms with E-state index in [1.54, 1.807) is 18.2 Å². The van der Waals surface area contributed by atoms with Gasteiger partial charge in [0.25, 0.3) is 0 Å². The molecular weight excluding hydrogens is 166 g/mol. The first-order chi connectivity index (χ1) is 6.16. The van der Waals surface area contributed by atoms with E-state index >= 15 is 0 Å². The lowest BCUT2D eigenvalue weighted by Gasteiger charge is -2.10. The largest absolute Gasteiger partial charge is 0.505 e. The molecule has 4 nitrogen and oxygen atoms in total. The first kappa shape index (κ1) is 9.36. The SMILES string of the molecule is N#CC[C@@H](N)c1cccc(N)c1O. The third-order valence-corrected chi connectivity index (χ3v) is 1.81. The summed E-state index contributed by atoms with van der Waals surface area (Å²) < 4.78 is 0. The normalized spacial score (nSPS) is 12.0. The smallest absolute Gasteiger partial charge is 0.143 e. The van der Waals surface area contributed by atoms with Crippen LogP contribution < -0.4 is 11.5 Å². The first-order valence-corrected chi connectivity index (χ1v) is 3.86. The summed E-state index contributed by atoms with van der Waals surface area (Å²) in [4.78, 5) is 0. The van der Waals surface area contributed by atoms with Crippen molar-refractivity contribution in [3.63, 3.8) is 0 Å². The van der Waals surface area contributed by atoms with Gasteiger partial charge >= 0.3 is 0 Å². The number of anilines is 1. The second kappa shape index (κ2) is 3.78. The Kier molecular flexibility index (Phi) is 2.72. The molecule has 1 aromatic carbocycles. The number of nitriles is 1. The van der Waals surface area contributed by atoms with Gasteiger partial charge in [0.2, 0.25) is 0 Å². The van der Waals surface area contributed by atoms with Gasteiger partial charge in [-0.3, -0.25) is 0 Å². The lowest BCUT2D eigenvalue weighted by Crippen LogP contribution is -2.09. The number of hydrogen-bond donors (Lipinski definition) is 3. The maximum atomic E-state index is 9.48. The van der Waals surface area contributed by atoms with E-state index in [4.69, 9.17) is 16.7 Å². The van der Waals surface area contributed by atoms with Crippen LogP contribution in [0.5, 0.6) is 5.75 Å². The Bertz CT molecular complexity index is 343. The number of rotatable bonds is 2. The number of phenolic OH excluding ortho intramolecular Hbond substituents is 1. The number of nitrogen functional groups attached to an aromatic ring is 1. The summed E-state index contributed by atoms with van der Waals surface area (Å²) in [7, 11) is 0. The molecule has 0 spiro atoms. The van der Waals surface area contributed by atoms with Gasteiger partial charge in [-0.15, -0.1) is 0 Å². The van der Waals surface area contributed by atoms with Crippen molar-refractivity contribution < 1.29 is 5.11 Å². The average molecular weight is 177 g/mol. The summed E-state index contributed by atoms with van der Waals surface area (Å²) in [6.45, 7) is 0. The lowest BCUT2D eigenvalue weighted by atomic mass is 10.0. The van der Waals surface area contributed by atoms with Crippen LogP contribution in [0, 0.1) is 11.3 Å². The fourth-order valence-electron chi connectivity index (χ4n) is 1.09. The van der Waals surface area contributed by atoms with Crippen molar-refractivity contribution in [1.82, 2.24) is 0 Å². The van der Waals surface area contributed by atoms with Crippen LogP contribution in [0.15, 0.2) is 18.2 Å². The lowest BCUT2D eigenvalue weighted by molar-refractivity contribution is 0.464. The molecule has 0 aliphatic rings. The van der Waals surface area contributed by atoms with Crippen molar-refractivity contribution in [3.8, 4) is 11.8 Å². The summed E-state index contributed by atoms with van der Waals surface area (Å²) in [5, 5.41) is 17.9. The van der Waals surface area contributed by atoms with Crippen molar-refractivity contribution in [3.05, 3.63) is 23.8 Å². The maximum Gasteiger partial charge on any atom is 0.143 e. The standard InChI is InChI=1S/C9H11N3O/c10-5-4-7(11)6-2-1-3-8(12)9(6)13/h1-3,7,13H,4,11-12H2/t7-/m1/s1. The van der Waals surface area contributed by atoms with Gasteiger partial charge in [-0.25, -0.2) is 0 Å². The van der Waals surface area contributed by atoms with Crippen molar-refractivity contribution in [2.24, 2.45) is 5.73 Å². The van der Waals surface area contributed by atoms with Crippen LogP contribution in [0.3, 0.4) is 0 Å². The van der Waals surface area contributed by atoms with E-state index in [1.807, 2.05) is 6.07 Å². The fourth-order valence-corrected chi connectivity index (χ4v) is 1.09. The third-order valence-electron chi connectivity index (χ3n) is 1.81. The minimum atomic E-state index is -0.478. The van der Waals surface area contributed by atoms with E-state index < -0.39 is 6.04 Å². The van der Waals surface area contributed by atoms with E-state index in [0.717, 1.165) is 0 Å². The topological polar surface area (TPSA) is 96.1 Å². The van der Waals surface area contributed by atoms with E-state index in [0.29, 0.717) is 5.56 Å². The number of benzene rings is 1. The molecule has 0 saturated heterocycles. The molecule has 0 unspecified atom stereocenters. The van der Waals surface area contributed by atoms with E-state index in [1.165, 1.54) is 0 Å². The summed E-state index contributed by atoms with van der Waals surface area (Å²) >= 11 is 0. The molecule has 0 aromatic heterocycles. The highest BCUT2D eigenvalue weighted by molar-refractivity contribution is 5.56. The van der Waals surface area contributed by atoms with Gasteiger partial charge in [0.15, 0.2) is 0 Å². The predicted octanol–water partition coefficient (Wildman–Crippen LogP) is 0.888. The Balaban J connectivity index is 3.02. The quantitative estimate of drug-likeness (QED) is 0.461. The van der Waals surface area contributed by atoms with Crippen molar-refractivity contribution in [2.75, 3.05) is 5.73 Å². The molecule has 68 valence electrons. The van der Waals surface area contributed by atoms with Crippen molar-refractivity contribution in [1.29, 1.82) is 5.26 Å². The second-order valence-electron chi connectivity index (χ2n) is 2.75. The highest BCUT2D eigenvalue weighted by atomic mass is 16.3. The highest BCUT2D eigenvalue weighted by Crippen LogP contribution is 2.29. The van der Waals surface area contributed by atoms with Gasteiger partial charge in [-0.1, -0.05) is 12.1 Å². The molecule has 0 aliphatic carbocycles. The zero-order chi connectivity index (χ0) is 9.84. The molecule has 13 heavy (non-hydrogen) atoms.